The van der Waals surface area contributed by atoms with Crippen LogP contribution in [0.1, 0.15) is 33.6 Å². The Bertz CT molecular complexity index is 1340. The second kappa shape index (κ2) is 13.2. The van der Waals surface area contributed by atoms with Crippen molar-refractivity contribution in [3.05, 3.63) is 39.0 Å². The third-order valence-electron chi connectivity index (χ3n) is 4.74. The minimum absolute atomic E-state index is 0.0209. The number of hydrogen-bond donors (Lipinski definition) is 4. The lowest BCUT2D eigenvalue weighted by Gasteiger charge is -2.23. The van der Waals surface area contributed by atoms with Gasteiger partial charge in [0, 0.05) is 19.5 Å². The van der Waals surface area contributed by atoms with E-state index in [0.29, 0.717) is 13.0 Å². The first-order valence-corrected chi connectivity index (χ1v) is 12.5. The minimum atomic E-state index is -0.964. The molecule has 0 aliphatic carbocycles. The van der Waals surface area contributed by atoms with Crippen LogP contribution >= 0.6 is 15.9 Å². The molecule has 0 bridgehead atoms. The van der Waals surface area contributed by atoms with Crippen molar-refractivity contribution in [3.63, 3.8) is 0 Å². The van der Waals surface area contributed by atoms with Crippen LogP contribution in [0, 0.1) is 5.82 Å². The number of amides is 2. The van der Waals surface area contributed by atoms with E-state index in [9.17, 15) is 18.8 Å². The zero-order chi connectivity index (χ0) is 28.6. The van der Waals surface area contributed by atoms with Gasteiger partial charge in [-0.15, -0.1) is 0 Å². The molecule has 212 valence electrons. The van der Waals surface area contributed by atoms with Crippen molar-refractivity contribution in [2.24, 2.45) is 5.73 Å². The lowest BCUT2D eigenvalue weighted by molar-refractivity contribution is 0.0281. The summed E-state index contributed by atoms with van der Waals surface area (Å²) in [4.78, 5) is 36.4. The topological polar surface area (TPSA) is 202 Å². The molecule has 1 aromatic carbocycles. The van der Waals surface area contributed by atoms with E-state index in [-0.39, 0.29) is 47.0 Å². The fourth-order valence-corrected chi connectivity index (χ4v) is 3.48. The SMILES string of the molecule is CC(C)(C)OC(=O)NC(CCN)OC(=O)NCCCNc1nonc1-c1noc(=O)n1-c1ccc(F)c(Br)c1. The highest BCUT2D eigenvalue weighted by atomic mass is 79.9. The molecule has 2 aromatic heterocycles. The number of anilines is 1. The van der Waals surface area contributed by atoms with Crippen LogP contribution in [0.5, 0.6) is 0 Å². The number of nitrogens with one attached hydrogen (secondary N) is 3. The van der Waals surface area contributed by atoms with E-state index in [1.807, 2.05) is 0 Å². The largest absolute Gasteiger partial charge is 0.446 e. The minimum Gasteiger partial charge on any atom is -0.444 e. The molecule has 15 nitrogen and oxygen atoms in total. The molecule has 39 heavy (non-hydrogen) atoms. The number of nitrogens with zero attached hydrogens (tertiary/aromatic N) is 4. The van der Waals surface area contributed by atoms with E-state index >= 15 is 0 Å². The van der Waals surface area contributed by atoms with Gasteiger partial charge in [0.05, 0.1) is 10.2 Å². The Labute approximate surface area is 229 Å². The lowest BCUT2D eigenvalue weighted by Crippen LogP contribution is -2.44. The Hall–Kier alpha value is -3.99. The van der Waals surface area contributed by atoms with Crippen molar-refractivity contribution >= 4 is 33.9 Å². The summed E-state index contributed by atoms with van der Waals surface area (Å²) < 4.78 is 34.8. The molecule has 0 saturated carbocycles. The number of aromatic nitrogens is 4. The Morgan fingerprint density at radius 2 is 1.97 bits per heavy atom. The Morgan fingerprint density at radius 3 is 2.67 bits per heavy atom. The van der Waals surface area contributed by atoms with Gasteiger partial charge in [-0.05, 0) is 78.2 Å². The molecule has 0 radical (unpaired) electrons. The van der Waals surface area contributed by atoms with Crippen molar-refractivity contribution in [1.82, 2.24) is 30.7 Å². The van der Waals surface area contributed by atoms with Crippen LogP contribution in [0.4, 0.5) is 19.8 Å². The van der Waals surface area contributed by atoms with Crippen LogP contribution in [0.3, 0.4) is 0 Å². The molecule has 3 rings (SSSR count). The maximum absolute atomic E-state index is 13.7. The molecule has 0 aliphatic heterocycles. The van der Waals surface area contributed by atoms with E-state index in [1.54, 1.807) is 20.8 Å². The van der Waals surface area contributed by atoms with Gasteiger partial charge >= 0.3 is 17.9 Å². The maximum atomic E-state index is 13.7. The number of rotatable bonds is 11. The lowest BCUT2D eigenvalue weighted by atomic mass is 10.2. The van der Waals surface area contributed by atoms with Crippen LogP contribution in [0.25, 0.3) is 17.2 Å². The van der Waals surface area contributed by atoms with Crippen LogP contribution in [-0.4, -0.2) is 63.7 Å². The van der Waals surface area contributed by atoms with Gasteiger partial charge in [0.1, 0.15) is 11.4 Å². The van der Waals surface area contributed by atoms with Gasteiger partial charge in [0.2, 0.25) is 11.6 Å². The van der Waals surface area contributed by atoms with E-state index < -0.39 is 35.6 Å². The number of nitrogens with two attached hydrogens (primary N) is 1. The molecule has 0 fully saturated rings. The number of carbonyl (C=O) groups is 2. The molecule has 2 heterocycles. The highest BCUT2D eigenvalue weighted by Crippen LogP contribution is 2.26. The summed E-state index contributed by atoms with van der Waals surface area (Å²) in [6.45, 7) is 5.79. The van der Waals surface area contributed by atoms with Gasteiger partial charge in [-0.2, -0.15) is 0 Å². The average Bonchev–Trinajstić information content (AvgIpc) is 3.45. The Morgan fingerprint density at radius 1 is 1.21 bits per heavy atom. The third kappa shape index (κ3) is 8.51. The van der Waals surface area contributed by atoms with Gasteiger partial charge in [-0.3, -0.25) is 9.84 Å². The van der Waals surface area contributed by atoms with Crippen molar-refractivity contribution in [2.75, 3.05) is 25.0 Å². The number of halogens is 2. The summed E-state index contributed by atoms with van der Waals surface area (Å²) in [7, 11) is 0. The fraction of sp³-hybridized carbons (Fsp3) is 0.455. The number of benzene rings is 1. The summed E-state index contributed by atoms with van der Waals surface area (Å²) in [6.07, 6.45) is -1.85. The normalized spacial score (nSPS) is 12.1. The molecule has 2 amide bonds. The zero-order valence-corrected chi connectivity index (χ0v) is 22.9. The fourth-order valence-electron chi connectivity index (χ4n) is 3.11. The number of hydrogen-bond acceptors (Lipinski definition) is 12. The van der Waals surface area contributed by atoms with Crippen LogP contribution < -0.4 is 27.4 Å². The van der Waals surface area contributed by atoms with Gasteiger partial charge in [-0.1, -0.05) is 5.16 Å². The third-order valence-corrected chi connectivity index (χ3v) is 5.35. The van der Waals surface area contributed by atoms with Crippen molar-refractivity contribution in [1.29, 1.82) is 0 Å². The first-order chi connectivity index (χ1) is 18.5. The highest BCUT2D eigenvalue weighted by Gasteiger charge is 2.24. The molecule has 3 aromatic rings. The van der Waals surface area contributed by atoms with Gasteiger partial charge in [0.15, 0.2) is 11.9 Å². The van der Waals surface area contributed by atoms with Crippen LogP contribution in [-0.2, 0) is 9.47 Å². The summed E-state index contributed by atoms with van der Waals surface area (Å²) in [5.74, 6) is -1.20. The maximum Gasteiger partial charge on any atom is 0.446 e. The molecule has 17 heteroatoms. The molecule has 0 spiro atoms. The summed E-state index contributed by atoms with van der Waals surface area (Å²) >= 11 is 3.08. The summed E-state index contributed by atoms with van der Waals surface area (Å²) in [5.41, 5.74) is 5.16. The molecular weight excluding hydrogens is 587 g/mol. The van der Waals surface area contributed by atoms with E-state index in [1.165, 1.54) is 18.2 Å². The van der Waals surface area contributed by atoms with E-state index in [4.69, 9.17) is 24.4 Å². The molecule has 0 saturated heterocycles. The number of carbonyl (C=O) groups excluding carboxylic acids is 2. The number of ether oxygens (including phenoxy) is 2. The molecule has 1 atom stereocenters. The van der Waals surface area contributed by atoms with Crippen LogP contribution in [0.2, 0.25) is 0 Å². The second-order valence-electron chi connectivity index (χ2n) is 8.99. The van der Waals surface area contributed by atoms with Gasteiger partial charge in [0.25, 0.3) is 0 Å². The predicted octanol–water partition coefficient (Wildman–Crippen LogP) is 2.50. The second-order valence-corrected chi connectivity index (χ2v) is 9.85. The van der Waals surface area contributed by atoms with E-state index in [0.717, 1.165) is 4.57 Å². The van der Waals surface area contributed by atoms with Crippen molar-refractivity contribution in [2.45, 2.75) is 45.4 Å². The quantitative estimate of drug-likeness (QED) is 0.182. The van der Waals surface area contributed by atoms with Gasteiger partial charge < -0.3 is 25.8 Å². The summed E-state index contributed by atoms with van der Waals surface area (Å²) in [6, 6.07) is 3.92. The van der Waals surface area contributed by atoms with Crippen molar-refractivity contribution in [3.8, 4) is 17.2 Å². The average molecular weight is 615 g/mol. The van der Waals surface area contributed by atoms with Crippen LogP contribution in [0.15, 0.2) is 36.6 Å². The van der Waals surface area contributed by atoms with Crippen molar-refractivity contribution < 1.29 is 32.6 Å². The smallest absolute Gasteiger partial charge is 0.444 e. The molecule has 5 N–H and O–H groups in total. The molecule has 1 unspecified atom stereocenters. The Kier molecular flexibility index (Phi) is 10.00. The van der Waals surface area contributed by atoms with E-state index in [2.05, 4.69) is 47.4 Å². The molecular formula is C22H28BrFN8O7. The first-order valence-electron chi connectivity index (χ1n) is 11.7. The Balaban J connectivity index is 1.52. The summed E-state index contributed by atoms with van der Waals surface area (Å²) in [5, 5.41) is 19.3. The zero-order valence-electron chi connectivity index (χ0n) is 21.3. The predicted molar refractivity (Wildman–Crippen MR) is 137 cm³/mol. The standard InChI is InChI=1S/C22H28BrFN8O7/c1-22(2,3)37-20(34)28-15(7-8-25)36-19(33)27-10-4-9-26-17-16(29-39-30-17)18-31-38-21(35)32(18)12-5-6-14(24)13(23)11-12/h5-6,11,15H,4,7-10,25H2,1-3H3,(H,26,30)(H,27,33)(H,28,34). The number of alkyl carbamates (subject to hydrolysis) is 2. The first kappa shape index (κ1) is 29.6. The monoisotopic (exact) mass is 614 g/mol. The van der Waals surface area contributed by atoms with Gasteiger partial charge in [-0.25, -0.2) is 28.0 Å². The highest BCUT2D eigenvalue weighted by molar-refractivity contribution is 9.10. The molecule has 0 aliphatic rings.